The molecular formula is C23H32N6O4. The van der Waals surface area contributed by atoms with Crippen LogP contribution in [-0.4, -0.2) is 54.7 Å². The lowest BCUT2D eigenvalue weighted by Gasteiger charge is -2.18. The summed E-state index contributed by atoms with van der Waals surface area (Å²) in [5, 5.41) is 16.5. The van der Waals surface area contributed by atoms with Crippen LogP contribution in [0, 0.1) is 5.41 Å². The molecule has 1 aromatic carbocycles. The Bertz CT molecular complexity index is 914. The molecule has 0 atom stereocenters. The third-order valence-corrected chi connectivity index (χ3v) is 4.17. The van der Waals surface area contributed by atoms with Gasteiger partial charge >= 0.3 is 0 Å². The van der Waals surface area contributed by atoms with Gasteiger partial charge in [-0.1, -0.05) is 41.6 Å². The molecule has 0 aliphatic carbocycles. The first kappa shape index (κ1) is 25.8. The lowest BCUT2D eigenvalue weighted by molar-refractivity contribution is -0.160. The fraction of sp³-hybridized carbons (Fsp3) is 0.348. The molecule has 0 aliphatic rings. The highest BCUT2D eigenvalue weighted by molar-refractivity contribution is 6.46. The van der Waals surface area contributed by atoms with E-state index in [1.54, 1.807) is 19.2 Å². The lowest BCUT2D eigenvalue weighted by atomic mass is 10.1. The minimum atomic E-state index is -0.464. The molecule has 178 valence electrons. The second-order valence-corrected chi connectivity index (χ2v) is 6.75. The van der Waals surface area contributed by atoms with Gasteiger partial charge in [0.25, 0.3) is 0 Å². The van der Waals surface area contributed by atoms with Gasteiger partial charge in [0.1, 0.15) is 12.4 Å². The maximum Gasteiger partial charge on any atom is 0.191 e. The van der Waals surface area contributed by atoms with Gasteiger partial charge in [-0.25, -0.2) is 10.8 Å². The topological polar surface area (TPSA) is 127 Å². The van der Waals surface area contributed by atoms with Crippen molar-refractivity contribution >= 4 is 17.4 Å². The Morgan fingerprint density at radius 1 is 1.15 bits per heavy atom. The van der Waals surface area contributed by atoms with Crippen molar-refractivity contribution in [1.82, 2.24) is 9.99 Å². The SMILES string of the molecule is C=C(Nc1cccc(CO/N=C(\C(=N)N(C)N)c2ccccc2)n1)OCC(OCC)OCC. The van der Waals surface area contributed by atoms with Crippen molar-refractivity contribution in [3.05, 3.63) is 72.3 Å². The average Bonchev–Trinajstić information content (AvgIpc) is 2.81. The van der Waals surface area contributed by atoms with Crippen LogP contribution in [0.4, 0.5) is 5.82 Å². The fourth-order valence-corrected chi connectivity index (χ4v) is 2.65. The van der Waals surface area contributed by atoms with E-state index >= 15 is 0 Å². The van der Waals surface area contributed by atoms with Gasteiger partial charge in [-0.05, 0) is 32.6 Å². The van der Waals surface area contributed by atoms with E-state index in [1.807, 2.05) is 50.2 Å². The van der Waals surface area contributed by atoms with Crippen molar-refractivity contribution in [3.8, 4) is 0 Å². The van der Waals surface area contributed by atoms with Crippen LogP contribution in [0.1, 0.15) is 25.1 Å². The Balaban J connectivity index is 1.97. The monoisotopic (exact) mass is 456 g/mol. The second kappa shape index (κ2) is 13.8. The summed E-state index contributed by atoms with van der Waals surface area (Å²) >= 11 is 0. The highest BCUT2D eigenvalue weighted by Crippen LogP contribution is 2.11. The van der Waals surface area contributed by atoms with Crippen molar-refractivity contribution in [1.29, 1.82) is 5.41 Å². The van der Waals surface area contributed by atoms with E-state index in [4.69, 9.17) is 30.3 Å². The number of benzene rings is 1. The zero-order chi connectivity index (χ0) is 24.1. The molecule has 0 aliphatic heterocycles. The molecule has 0 amide bonds. The van der Waals surface area contributed by atoms with Gasteiger partial charge in [0.2, 0.25) is 0 Å². The van der Waals surface area contributed by atoms with Crippen LogP contribution in [0.3, 0.4) is 0 Å². The number of aromatic nitrogens is 1. The molecule has 0 spiro atoms. The quantitative estimate of drug-likeness (QED) is 0.0988. The zero-order valence-electron chi connectivity index (χ0n) is 19.3. The number of rotatable bonds is 14. The minimum Gasteiger partial charge on any atom is -0.474 e. The summed E-state index contributed by atoms with van der Waals surface area (Å²) in [7, 11) is 1.57. The number of hydrogen-bond acceptors (Lipinski definition) is 9. The first-order valence-corrected chi connectivity index (χ1v) is 10.5. The summed E-state index contributed by atoms with van der Waals surface area (Å²) < 4.78 is 16.5. The predicted molar refractivity (Wildman–Crippen MR) is 127 cm³/mol. The molecule has 2 rings (SSSR count). The van der Waals surface area contributed by atoms with Crippen molar-refractivity contribution in [3.63, 3.8) is 0 Å². The number of nitrogens with zero attached hydrogens (tertiary/aromatic N) is 3. The van der Waals surface area contributed by atoms with Crippen LogP contribution >= 0.6 is 0 Å². The Labute approximate surface area is 194 Å². The molecule has 10 nitrogen and oxygen atoms in total. The molecule has 0 saturated carbocycles. The highest BCUT2D eigenvalue weighted by atomic mass is 16.7. The Hall–Kier alpha value is -3.47. The number of amidine groups is 1. The van der Waals surface area contributed by atoms with E-state index in [1.165, 1.54) is 5.01 Å². The van der Waals surface area contributed by atoms with Gasteiger partial charge in [0.15, 0.2) is 30.3 Å². The van der Waals surface area contributed by atoms with Gasteiger partial charge in [-0.3, -0.25) is 10.4 Å². The summed E-state index contributed by atoms with van der Waals surface area (Å²) in [6, 6.07) is 14.6. The molecule has 1 aromatic heterocycles. The first-order valence-electron chi connectivity index (χ1n) is 10.5. The summed E-state index contributed by atoms with van der Waals surface area (Å²) in [5.74, 6) is 6.59. The maximum absolute atomic E-state index is 8.18. The summed E-state index contributed by atoms with van der Waals surface area (Å²) in [6.45, 7) is 8.97. The van der Waals surface area contributed by atoms with E-state index in [0.717, 1.165) is 0 Å². The second-order valence-electron chi connectivity index (χ2n) is 6.75. The zero-order valence-corrected chi connectivity index (χ0v) is 19.3. The van der Waals surface area contributed by atoms with Gasteiger partial charge in [-0.15, -0.1) is 0 Å². The summed E-state index contributed by atoms with van der Waals surface area (Å²) in [5.41, 5.74) is 1.65. The number of anilines is 1. The third-order valence-electron chi connectivity index (χ3n) is 4.17. The number of oxime groups is 1. The van der Waals surface area contributed by atoms with Crippen molar-refractivity contribution < 1.29 is 19.0 Å². The van der Waals surface area contributed by atoms with Crippen LogP contribution in [0.25, 0.3) is 0 Å². The smallest absolute Gasteiger partial charge is 0.191 e. The van der Waals surface area contributed by atoms with E-state index in [-0.39, 0.29) is 19.0 Å². The van der Waals surface area contributed by atoms with E-state index in [9.17, 15) is 0 Å². The first-order chi connectivity index (χ1) is 15.9. The van der Waals surface area contributed by atoms with E-state index in [2.05, 4.69) is 22.0 Å². The van der Waals surface area contributed by atoms with Crippen LogP contribution in [0.15, 0.2) is 66.1 Å². The molecule has 2 aromatic rings. The molecule has 10 heteroatoms. The van der Waals surface area contributed by atoms with E-state index < -0.39 is 6.29 Å². The predicted octanol–water partition coefficient (Wildman–Crippen LogP) is 3.08. The Kier molecular flexibility index (Phi) is 10.8. The normalized spacial score (nSPS) is 11.2. The van der Waals surface area contributed by atoms with Crippen LogP contribution in [0.5, 0.6) is 0 Å². The maximum atomic E-state index is 8.18. The molecular weight excluding hydrogens is 424 g/mol. The highest BCUT2D eigenvalue weighted by Gasteiger charge is 2.14. The number of pyridine rings is 1. The van der Waals surface area contributed by atoms with Crippen LogP contribution < -0.4 is 11.2 Å². The molecule has 0 fully saturated rings. The Morgan fingerprint density at radius 2 is 1.85 bits per heavy atom. The number of ether oxygens (including phenoxy) is 3. The molecule has 0 unspecified atom stereocenters. The molecule has 0 bridgehead atoms. The minimum absolute atomic E-state index is 0.0235. The molecule has 0 saturated heterocycles. The van der Waals surface area contributed by atoms with Crippen molar-refractivity contribution in [2.75, 3.05) is 32.2 Å². The summed E-state index contributed by atoms with van der Waals surface area (Å²) in [6.07, 6.45) is -0.464. The summed E-state index contributed by atoms with van der Waals surface area (Å²) in [4.78, 5) is 9.95. The average molecular weight is 457 g/mol. The third kappa shape index (κ3) is 8.89. The lowest BCUT2D eigenvalue weighted by Crippen LogP contribution is -2.38. The molecule has 1 heterocycles. The van der Waals surface area contributed by atoms with Crippen LogP contribution in [0.2, 0.25) is 0 Å². The van der Waals surface area contributed by atoms with Crippen molar-refractivity contribution in [2.24, 2.45) is 11.0 Å². The van der Waals surface area contributed by atoms with Gasteiger partial charge < -0.3 is 24.4 Å². The Morgan fingerprint density at radius 3 is 2.48 bits per heavy atom. The standard InChI is InChI=1S/C23H32N6O4/c1-5-30-21(31-6-2)16-32-17(3)26-20-14-10-13-19(27-20)15-33-28-22(23(24)29(4)25)18-11-8-7-9-12-18/h7-14,21,24H,3,5-6,15-16,25H2,1-2,4H3,(H,26,27)/b24-23?,28-22-. The van der Waals surface area contributed by atoms with E-state index in [0.29, 0.717) is 41.9 Å². The number of hydrazine groups is 1. The molecule has 33 heavy (non-hydrogen) atoms. The molecule has 4 N–H and O–H groups in total. The van der Waals surface area contributed by atoms with Gasteiger partial charge in [0.05, 0.1) is 5.69 Å². The number of likely N-dealkylation sites (N-methyl/N-ethyl adjacent to an activating group) is 1. The number of nitrogens with two attached hydrogens (primary N) is 1. The van der Waals surface area contributed by atoms with Crippen LogP contribution in [-0.2, 0) is 25.7 Å². The largest absolute Gasteiger partial charge is 0.474 e. The number of nitrogens with one attached hydrogen (secondary N) is 2. The van der Waals surface area contributed by atoms with Crippen molar-refractivity contribution in [2.45, 2.75) is 26.7 Å². The molecule has 0 radical (unpaired) electrons. The van der Waals surface area contributed by atoms with Gasteiger partial charge in [0, 0.05) is 25.8 Å². The number of hydrogen-bond donors (Lipinski definition) is 3. The fourth-order valence-electron chi connectivity index (χ4n) is 2.65. The van der Waals surface area contributed by atoms with Gasteiger partial charge in [-0.2, -0.15) is 0 Å².